The Labute approximate surface area is 174 Å². The number of nitrogens with two attached hydrogens (primary N) is 1. The van der Waals surface area contributed by atoms with Crippen LogP contribution in [0.4, 0.5) is 5.69 Å². The minimum absolute atomic E-state index is 0.210. The molecular weight excluding hydrogens is 378 g/mol. The molecule has 4 aromatic rings. The molecule has 29 heavy (non-hydrogen) atoms. The molecule has 0 aliphatic carbocycles. The largest absolute Gasteiger partial charge is 0.369 e. The number of fused-ring (bicyclic) bond motifs is 1. The molecule has 4 heterocycles. The van der Waals surface area contributed by atoms with Crippen LogP contribution in [0.5, 0.6) is 0 Å². The highest BCUT2D eigenvalue weighted by atomic mass is 32.1. The molecule has 6 heteroatoms. The van der Waals surface area contributed by atoms with Gasteiger partial charge in [0.15, 0.2) is 0 Å². The maximum atomic E-state index is 6.31. The molecule has 2 N–H and O–H groups in total. The average Bonchev–Trinajstić information content (AvgIpc) is 3.27. The van der Waals surface area contributed by atoms with E-state index in [-0.39, 0.29) is 6.04 Å². The van der Waals surface area contributed by atoms with Gasteiger partial charge >= 0.3 is 0 Å². The van der Waals surface area contributed by atoms with Crippen molar-refractivity contribution in [3.8, 4) is 22.0 Å². The van der Waals surface area contributed by atoms with Crippen molar-refractivity contribution in [3.05, 3.63) is 60.2 Å². The Morgan fingerprint density at radius 1 is 1.03 bits per heavy atom. The Hall–Kier alpha value is -2.83. The molecule has 0 bridgehead atoms. The summed E-state index contributed by atoms with van der Waals surface area (Å²) in [5.41, 5.74) is 11.4. The van der Waals surface area contributed by atoms with Crippen LogP contribution in [0, 0.1) is 5.92 Å². The molecule has 0 radical (unpaired) electrons. The van der Waals surface area contributed by atoms with Gasteiger partial charge in [0, 0.05) is 53.5 Å². The number of benzene rings is 1. The molecule has 1 aromatic carbocycles. The molecule has 3 aromatic heterocycles. The summed E-state index contributed by atoms with van der Waals surface area (Å²) < 4.78 is 0. The first-order valence-electron chi connectivity index (χ1n) is 9.94. The van der Waals surface area contributed by atoms with Crippen molar-refractivity contribution >= 4 is 27.9 Å². The first-order valence-corrected chi connectivity index (χ1v) is 10.8. The summed E-state index contributed by atoms with van der Waals surface area (Å²) in [6.45, 7) is 4.18. The van der Waals surface area contributed by atoms with Crippen LogP contribution in [0.3, 0.4) is 0 Å². The number of pyridine rings is 2. The van der Waals surface area contributed by atoms with Crippen LogP contribution in [0.25, 0.3) is 32.9 Å². The smallest absolute Gasteiger partial charge is 0.141 e. The molecule has 5 nitrogen and oxygen atoms in total. The predicted molar refractivity (Wildman–Crippen MR) is 120 cm³/mol. The lowest BCUT2D eigenvalue weighted by Crippen LogP contribution is -2.46. The molecule has 146 valence electrons. The second kappa shape index (κ2) is 7.54. The van der Waals surface area contributed by atoms with Crippen molar-refractivity contribution < 1.29 is 0 Å². The third-order valence-electron chi connectivity index (χ3n) is 5.45. The van der Waals surface area contributed by atoms with Gasteiger partial charge in [0.1, 0.15) is 5.01 Å². The fourth-order valence-electron chi connectivity index (χ4n) is 4.23. The maximum absolute atomic E-state index is 6.31. The van der Waals surface area contributed by atoms with Gasteiger partial charge in [-0.15, -0.1) is 11.3 Å². The molecule has 0 amide bonds. The fourth-order valence-corrected chi connectivity index (χ4v) is 4.83. The van der Waals surface area contributed by atoms with Crippen LogP contribution in [0.15, 0.2) is 60.2 Å². The number of thiazole rings is 1. The van der Waals surface area contributed by atoms with Gasteiger partial charge in [-0.3, -0.25) is 4.98 Å². The van der Waals surface area contributed by atoms with E-state index in [9.17, 15) is 0 Å². The Balaban J connectivity index is 1.58. The number of aromatic nitrogens is 3. The topological polar surface area (TPSA) is 67.9 Å². The van der Waals surface area contributed by atoms with Gasteiger partial charge in [0.25, 0.3) is 0 Å². The zero-order chi connectivity index (χ0) is 19.8. The van der Waals surface area contributed by atoms with E-state index in [2.05, 4.69) is 46.1 Å². The Morgan fingerprint density at radius 3 is 2.76 bits per heavy atom. The SMILES string of the molecule is C[C@@H]1CC(N)CN(c2ccnc3ccc(-c4cccc(-c5nccs5)n4)cc23)C1. The summed E-state index contributed by atoms with van der Waals surface area (Å²) in [7, 11) is 0. The maximum Gasteiger partial charge on any atom is 0.141 e. The monoisotopic (exact) mass is 401 g/mol. The van der Waals surface area contributed by atoms with Crippen LogP contribution < -0.4 is 10.6 Å². The predicted octanol–water partition coefficient (Wildman–Crippen LogP) is 4.59. The lowest BCUT2D eigenvalue weighted by molar-refractivity contribution is 0.402. The van der Waals surface area contributed by atoms with Gasteiger partial charge in [-0.2, -0.15) is 0 Å². The summed E-state index contributed by atoms with van der Waals surface area (Å²) in [5.74, 6) is 0.585. The number of anilines is 1. The van der Waals surface area contributed by atoms with Gasteiger partial charge in [0.2, 0.25) is 0 Å². The molecule has 1 fully saturated rings. The van der Waals surface area contributed by atoms with Gasteiger partial charge in [-0.25, -0.2) is 9.97 Å². The molecule has 1 saturated heterocycles. The lowest BCUT2D eigenvalue weighted by atomic mass is 9.95. The number of hydrogen-bond donors (Lipinski definition) is 1. The zero-order valence-electron chi connectivity index (χ0n) is 16.3. The van der Waals surface area contributed by atoms with Crippen LogP contribution in [-0.2, 0) is 0 Å². The molecule has 0 saturated carbocycles. The summed E-state index contributed by atoms with van der Waals surface area (Å²) in [6.07, 6.45) is 4.79. The highest BCUT2D eigenvalue weighted by Crippen LogP contribution is 2.32. The van der Waals surface area contributed by atoms with E-state index in [0.717, 1.165) is 52.4 Å². The highest BCUT2D eigenvalue weighted by molar-refractivity contribution is 7.13. The Morgan fingerprint density at radius 2 is 1.93 bits per heavy atom. The standard InChI is InChI=1S/C23H23N5S/c1-15-11-17(24)14-28(13-15)22-7-8-25-20-6-5-16(12-18(20)22)19-3-2-4-21(27-19)23-26-9-10-29-23/h2-10,12,15,17H,11,13-14,24H2,1H3/t15-,17?/m1/s1. The quantitative estimate of drug-likeness (QED) is 0.544. The van der Waals surface area contributed by atoms with Crippen molar-refractivity contribution in [2.24, 2.45) is 11.7 Å². The number of piperidine rings is 1. The number of nitrogens with zero attached hydrogens (tertiary/aromatic N) is 4. The van der Waals surface area contributed by atoms with Crippen LogP contribution >= 0.6 is 11.3 Å². The summed E-state index contributed by atoms with van der Waals surface area (Å²) in [6, 6.07) is 14.8. The van der Waals surface area contributed by atoms with Crippen molar-refractivity contribution in [2.75, 3.05) is 18.0 Å². The minimum atomic E-state index is 0.210. The lowest BCUT2D eigenvalue weighted by Gasteiger charge is -2.37. The van der Waals surface area contributed by atoms with E-state index in [1.54, 1.807) is 11.3 Å². The first-order chi connectivity index (χ1) is 14.2. The highest BCUT2D eigenvalue weighted by Gasteiger charge is 2.23. The van der Waals surface area contributed by atoms with E-state index in [0.29, 0.717) is 5.92 Å². The van der Waals surface area contributed by atoms with Crippen molar-refractivity contribution in [2.45, 2.75) is 19.4 Å². The molecular formula is C23H23N5S. The second-order valence-corrected chi connectivity index (χ2v) is 8.71. The fraction of sp³-hybridized carbons (Fsp3) is 0.261. The van der Waals surface area contributed by atoms with Crippen LogP contribution in [-0.4, -0.2) is 34.1 Å². The van der Waals surface area contributed by atoms with Crippen molar-refractivity contribution in [1.82, 2.24) is 15.0 Å². The number of hydrogen-bond acceptors (Lipinski definition) is 6. The van der Waals surface area contributed by atoms with Gasteiger partial charge in [0.05, 0.1) is 16.9 Å². The van der Waals surface area contributed by atoms with Crippen LogP contribution in [0.2, 0.25) is 0 Å². The van der Waals surface area contributed by atoms with E-state index in [4.69, 9.17) is 10.7 Å². The van der Waals surface area contributed by atoms with E-state index in [1.165, 1.54) is 5.69 Å². The molecule has 1 aliphatic heterocycles. The summed E-state index contributed by atoms with van der Waals surface area (Å²) >= 11 is 1.60. The van der Waals surface area contributed by atoms with Gasteiger partial charge in [-0.1, -0.05) is 19.1 Å². The molecule has 2 atom stereocenters. The van der Waals surface area contributed by atoms with E-state index < -0.39 is 0 Å². The molecule has 1 aliphatic rings. The molecule has 1 unspecified atom stereocenters. The van der Waals surface area contributed by atoms with E-state index >= 15 is 0 Å². The average molecular weight is 402 g/mol. The second-order valence-electron chi connectivity index (χ2n) is 7.81. The first kappa shape index (κ1) is 18.2. The molecule has 0 spiro atoms. The Bertz CT molecular complexity index is 1130. The van der Waals surface area contributed by atoms with Crippen molar-refractivity contribution in [3.63, 3.8) is 0 Å². The summed E-state index contributed by atoms with van der Waals surface area (Å²) in [5, 5.41) is 4.06. The Kier molecular flexibility index (Phi) is 4.73. The number of rotatable bonds is 3. The third-order valence-corrected chi connectivity index (χ3v) is 6.24. The minimum Gasteiger partial charge on any atom is -0.369 e. The normalized spacial score (nSPS) is 19.6. The summed E-state index contributed by atoms with van der Waals surface area (Å²) in [4.78, 5) is 16.2. The van der Waals surface area contributed by atoms with Crippen molar-refractivity contribution in [1.29, 1.82) is 0 Å². The molecule has 5 rings (SSSR count). The van der Waals surface area contributed by atoms with Crippen LogP contribution in [0.1, 0.15) is 13.3 Å². The van der Waals surface area contributed by atoms with E-state index in [1.807, 2.05) is 36.0 Å². The zero-order valence-corrected chi connectivity index (χ0v) is 17.1. The third kappa shape index (κ3) is 3.61. The van der Waals surface area contributed by atoms with Gasteiger partial charge < -0.3 is 10.6 Å². The van der Waals surface area contributed by atoms with Gasteiger partial charge in [-0.05, 0) is 42.7 Å².